The maximum absolute atomic E-state index is 13.4. The van der Waals surface area contributed by atoms with Crippen LogP contribution < -0.4 is 14.4 Å². The van der Waals surface area contributed by atoms with E-state index in [-0.39, 0.29) is 17.6 Å². The number of halogens is 1. The summed E-state index contributed by atoms with van der Waals surface area (Å²) >= 11 is 6.13. The van der Waals surface area contributed by atoms with Crippen molar-refractivity contribution in [2.75, 3.05) is 10.6 Å². The third kappa shape index (κ3) is 4.89. The highest BCUT2D eigenvalue weighted by Gasteiger charge is 2.40. The van der Waals surface area contributed by atoms with Crippen LogP contribution in [-0.4, -0.2) is 32.2 Å². The van der Waals surface area contributed by atoms with Crippen molar-refractivity contribution in [1.82, 2.24) is 5.32 Å². The Morgan fingerprint density at radius 3 is 2.53 bits per heavy atom. The summed E-state index contributed by atoms with van der Waals surface area (Å²) in [6.45, 7) is 7.54. The Hall–Kier alpha value is -2.25. The van der Waals surface area contributed by atoms with Crippen molar-refractivity contribution < 1.29 is 17.9 Å². The van der Waals surface area contributed by atoms with Gasteiger partial charge in [-0.3, -0.25) is 9.10 Å². The molecule has 2 aromatic carbocycles. The van der Waals surface area contributed by atoms with Gasteiger partial charge in [0, 0.05) is 17.0 Å². The van der Waals surface area contributed by atoms with Gasteiger partial charge in [-0.05, 0) is 50.5 Å². The lowest BCUT2D eigenvalue weighted by molar-refractivity contribution is -0.123. The minimum Gasteiger partial charge on any atom is -0.487 e. The highest BCUT2D eigenvalue weighted by atomic mass is 35.5. The second-order valence-corrected chi connectivity index (χ2v) is 10.8. The Bertz CT molecular complexity index is 1100. The average Bonchev–Trinajstić information content (AvgIpc) is 2.75. The summed E-state index contributed by atoms with van der Waals surface area (Å²) in [5.41, 5.74) is 1.63. The van der Waals surface area contributed by atoms with E-state index in [9.17, 15) is 13.2 Å². The van der Waals surface area contributed by atoms with Gasteiger partial charge in [0.1, 0.15) is 17.4 Å². The molecule has 0 radical (unpaired) electrons. The molecule has 0 aliphatic carbocycles. The Morgan fingerprint density at radius 1 is 1.25 bits per heavy atom. The number of rotatable bonds is 7. The quantitative estimate of drug-likeness (QED) is 0.607. The summed E-state index contributed by atoms with van der Waals surface area (Å²) in [5.74, 6) is 0.378. The third-order valence-electron chi connectivity index (χ3n) is 6.30. The molecular weight excluding hydrogens is 448 g/mol. The predicted octanol–water partition coefficient (Wildman–Crippen LogP) is 5.00. The zero-order chi connectivity index (χ0) is 23.7. The zero-order valence-electron chi connectivity index (χ0n) is 19.2. The Morgan fingerprint density at radius 2 is 1.91 bits per heavy atom. The number of sulfonamides is 1. The molecule has 6 nitrogen and oxygen atoms in total. The lowest BCUT2D eigenvalue weighted by Gasteiger charge is -2.42. The van der Waals surface area contributed by atoms with Crippen molar-refractivity contribution >= 4 is 33.2 Å². The van der Waals surface area contributed by atoms with Gasteiger partial charge in [0.25, 0.3) is 0 Å². The first-order chi connectivity index (χ1) is 15.0. The molecule has 3 rings (SSSR count). The van der Waals surface area contributed by atoms with E-state index < -0.39 is 16.1 Å². The molecule has 0 saturated carbocycles. The molecule has 2 unspecified atom stereocenters. The highest BCUT2D eigenvalue weighted by Crippen LogP contribution is 2.42. The number of aryl methyl sites for hydroxylation is 1. The van der Waals surface area contributed by atoms with E-state index in [0.29, 0.717) is 22.7 Å². The number of para-hydroxylation sites is 1. The number of carbonyl (C=O) groups is 1. The highest BCUT2D eigenvalue weighted by molar-refractivity contribution is 7.92. The molecule has 2 aromatic rings. The summed E-state index contributed by atoms with van der Waals surface area (Å²) in [6.07, 6.45) is 3.32. The summed E-state index contributed by atoms with van der Waals surface area (Å²) < 4.78 is 32.9. The van der Waals surface area contributed by atoms with Gasteiger partial charge in [0.2, 0.25) is 15.9 Å². The summed E-state index contributed by atoms with van der Waals surface area (Å²) in [7, 11) is -3.75. The molecule has 0 spiro atoms. The number of amides is 1. The molecule has 0 bridgehead atoms. The van der Waals surface area contributed by atoms with Crippen molar-refractivity contribution in [1.29, 1.82) is 0 Å². The predicted molar refractivity (Wildman–Crippen MR) is 129 cm³/mol. The van der Waals surface area contributed by atoms with Crippen LogP contribution >= 0.6 is 11.6 Å². The number of hydrogen-bond donors (Lipinski definition) is 1. The van der Waals surface area contributed by atoms with Crippen LogP contribution in [0.5, 0.6) is 5.75 Å². The first-order valence-corrected chi connectivity index (χ1v) is 13.1. The number of fused-ring (bicyclic) bond motifs is 1. The molecule has 2 atom stereocenters. The fraction of sp³-hybridized carbons (Fsp3) is 0.458. The van der Waals surface area contributed by atoms with E-state index >= 15 is 0 Å². The smallest absolute Gasteiger partial charge is 0.244 e. The van der Waals surface area contributed by atoms with E-state index in [4.69, 9.17) is 16.3 Å². The van der Waals surface area contributed by atoms with Crippen LogP contribution in [0.4, 0.5) is 5.69 Å². The van der Waals surface area contributed by atoms with E-state index in [1.807, 2.05) is 24.3 Å². The average molecular weight is 479 g/mol. The number of nitrogens with one attached hydrogen (secondary N) is 1. The number of hydrogen-bond acceptors (Lipinski definition) is 4. The van der Waals surface area contributed by atoms with Crippen LogP contribution in [0.1, 0.15) is 57.2 Å². The molecule has 0 aromatic heterocycles. The number of anilines is 1. The molecule has 0 saturated heterocycles. The lowest BCUT2D eigenvalue weighted by Crippen LogP contribution is -2.51. The van der Waals surface area contributed by atoms with Crippen LogP contribution in [0.15, 0.2) is 42.5 Å². The fourth-order valence-electron chi connectivity index (χ4n) is 4.32. The molecule has 174 valence electrons. The van der Waals surface area contributed by atoms with Crippen LogP contribution in [0.3, 0.4) is 0 Å². The van der Waals surface area contributed by atoms with Crippen molar-refractivity contribution in [3.63, 3.8) is 0 Å². The minimum atomic E-state index is -3.75. The molecule has 8 heteroatoms. The molecule has 0 fully saturated rings. The van der Waals surface area contributed by atoms with E-state index in [0.717, 1.165) is 34.7 Å². The Balaban J connectivity index is 1.95. The minimum absolute atomic E-state index is 0.281. The van der Waals surface area contributed by atoms with Crippen molar-refractivity contribution in [2.45, 2.75) is 64.6 Å². The van der Waals surface area contributed by atoms with Crippen molar-refractivity contribution in [3.05, 3.63) is 58.6 Å². The number of nitrogens with zero attached hydrogens (tertiary/aromatic N) is 1. The van der Waals surface area contributed by atoms with Crippen LogP contribution in [0.2, 0.25) is 5.02 Å². The van der Waals surface area contributed by atoms with Gasteiger partial charge < -0.3 is 10.1 Å². The molecule has 1 N–H and O–H groups in total. The van der Waals surface area contributed by atoms with Crippen molar-refractivity contribution in [3.8, 4) is 5.75 Å². The maximum atomic E-state index is 13.4. The lowest BCUT2D eigenvalue weighted by atomic mass is 9.83. The molecule has 1 amide bonds. The van der Waals surface area contributed by atoms with Gasteiger partial charge in [-0.1, -0.05) is 49.7 Å². The molecule has 1 heterocycles. The van der Waals surface area contributed by atoms with Gasteiger partial charge in [-0.25, -0.2) is 8.42 Å². The Labute approximate surface area is 196 Å². The van der Waals surface area contributed by atoms with E-state index in [1.54, 1.807) is 32.0 Å². The molecule has 1 aliphatic rings. The largest absolute Gasteiger partial charge is 0.487 e. The number of ether oxygens (including phenoxy) is 1. The van der Waals surface area contributed by atoms with E-state index in [1.165, 1.54) is 0 Å². The summed E-state index contributed by atoms with van der Waals surface area (Å²) in [6, 6.07) is 11.4. The van der Waals surface area contributed by atoms with Crippen LogP contribution in [0.25, 0.3) is 0 Å². The zero-order valence-corrected chi connectivity index (χ0v) is 20.8. The van der Waals surface area contributed by atoms with Gasteiger partial charge in [0.15, 0.2) is 0 Å². The summed E-state index contributed by atoms with van der Waals surface area (Å²) in [5, 5.41) is 3.50. The normalized spacial score (nSPS) is 18.2. The number of carbonyl (C=O) groups excluding carboxylic acids is 1. The van der Waals surface area contributed by atoms with Gasteiger partial charge in [-0.15, -0.1) is 0 Å². The fourth-order valence-corrected chi connectivity index (χ4v) is 5.71. The molecule has 32 heavy (non-hydrogen) atoms. The van der Waals surface area contributed by atoms with Crippen LogP contribution in [-0.2, 0) is 14.8 Å². The Kier molecular flexibility index (Phi) is 7.10. The topological polar surface area (TPSA) is 75.7 Å². The third-order valence-corrected chi connectivity index (χ3v) is 7.76. The second-order valence-electron chi connectivity index (χ2n) is 8.46. The number of benzene rings is 2. The van der Waals surface area contributed by atoms with Crippen LogP contribution in [0, 0.1) is 6.92 Å². The monoisotopic (exact) mass is 478 g/mol. The van der Waals surface area contributed by atoms with Gasteiger partial charge in [-0.2, -0.15) is 0 Å². The first-order valence-electron chi connectivity index (χ1n) is 10.8. The van der Waals surface area contributed by atoms with Gasteiger partial charge in [0.05, 0.1) is 18.0 Å². The first kappa shape index (κ1) is 24.4. The summed E-state index contributed by atoms with van der Waals surface area (Å²) in [4.78, 5) is 13.4. The van der Waals surface area contributed by atoms with Crippen molar-refractivity contribution in [2.24, 2.45) is 0 Å². The molecular formula is C24H31ClN2O4S. The van der Waals surface area contributed by atoms with Gasteiger partial charge >= 0.3 is 0 Å². The maximum Gasteiger partial charge on any atom is 0.244 e. The standard InChI is InChI=1S/C24H31ClN2O4S/c1-6-24(7-2)15-20(19-10-8-9-11-22(19)31-24)26-23(28)17(4)27(32(5,29)30)21-14-18(25)13-12-16(21)3/h8-14,17,20H,6-7,15H2,1-5H3,(H,26,28). The van der Waals surface area contributed by atoms with E-state index in [2.05, 4.69) is 19.2 Å². The molecule has 1 aliphatic heterocycles. The second kappa shape index (κ2) is 9.32. The SMILES string of the molecule is CCC1(CC)CC(NC(=O)C(C)N(c2cc(Cl)ccc2C)S(C)(=O)=O)c2ccccc2O1.